The van der Waals surface area contributed by atoms with E-state index in [0.29, 0.717) is 23.0 Å². The second-order valence-corrected chi connectivity index (χ2v) is 16.7. The van der Waals surface area contributed by atoms with Gasteiger partial charge in [0.2, 0.25) is 0 Å². The molecule has 13 rings (SSSR count). The normalized spacial score (nSPS) is 11.5. The van der Waals surface area contributed by atoms with Gasteiger partial charge in [-0.05, 0) is 54.6 Å². The zero-order valence-electron chi connectivity index (χ0n) is 36.5. The molecular weight excluding hydrogens is 833 g/mol. The second-order valence-electron chi connectivity index (χ2n) is 16.7. The van der Waals surface area contributed by atoms with Crippen LogP contribution in [0, 0.1) is 0 Å². The van der Waals surface area contributed by atoms with E-state index in [2.05, 4.69) is 149 Å². The molecule has 0 amide bonds. The van der Waals surface area contributed by atoms with Gasteiger partial charge in [0.25, 0.3) is 0 Å². The molecule has 0 aliphatic heterocycles. The van der Waals surface area contributed by atoms with Crippen LogP contribution in [0.4, 0.5) is 0 Å². The van der Waals surface area contributed by atoms with E-state index >= 15 is 0 Å². The van der Waals surface area contributed by atoms with Gasteiger partial charge in [0, 0.05) is 43.8 Å². The number of hydrogen-bond donors (Lipinski definition) is 0. The van der Waals surface area contributed by atoms with Crippen LogP contribution in [-0.4, -0.2) is 39.0 Å². The monoisotopic (exact) mass is 870 g/mol. The Morgan fingerprint density at radius 1 is 0.250 bits per heavy atom. The Kier molecular flexibility index (Phi) is 9.31. The van der Waals surface area contributed by atoms with Crippen LogP contribution in [-0.2, 0) is 0 Å². The SMILES string of the molecule is c1ccc(-c2cc(-c3ccccc3)nc(-c3cccc(-n4c5ccccc5c5c4ccc4c6ccccc6n(-c6cccc(-c7nc(-c8ccccc8)cc(-c8ccccc8)n7)n6)c45)n3)n2)cc1. The standard InChI is InChI=1S/C60H38N8/c1-5-19-39(20-6-1)48-37-49(40-21-7-2-8-22-40)64-59(63-48)46-29-17-33-55(61-46)67-53-32-16-14-28-45(53)57-54(67)36-35-44-43-27-13-15-31-52(43)68(58(44)57)56-34-18-30-47(62-56)60-65-50(41-23-9-3-10-24-41)38-51(66-60)42-25-11-4-12-26-42/h1-38H. The van der Waals surface area contributed by atoms with E-state index in [1.165, 1.54) is 0 Å². The van der Waals surface area contributed by atoms with Gasteiger partial charge in [-0.2, -0.15) is 0 Å². The third-order valence-electron chi connectivity index (χ3n) is 12.6. The van der Waals surface area contributed by atoms with Gasteiger partial charge in [0.15, 0.2) is 11.6 Å². The molecule has 7 aromatic carbocycles. The largest absolute Gasteiger partial charge is 0.294 e. The van der Waals surface area contributed by atoms with Gasteiger partial charge in [-0.1, -0.05) is 176 Å². The molecular formula is C60H38N8. The van der Waals surface area contributed by atoms with Crippen molar-refractivity contribution in [3.8, 4) is 79.7 Å². The van der Waals surface area contributed by atoms with Crippen molar-refractivity contribution in [2.75, 3.05) is 0 Å². The van der Waals surface area contributed by atoms with Gasteiger partial charge < -0.3 is 0 Å². The van der Waals surface area contributed by atoms with Crippen molar-refractivity contribution < 1.29 is 0 Å². The van der Waals surface area contributed by atoms with Gasteiger partial charge in [-0.25, -0.2) is 29.9 Å². The van der Waals surface area contributed by atoms with E-state index in [1.54, 1.807) is 0 Å². The maximum atomic E-state index is 5.42. The summed E-state index contributed by atoms with van der Waals surface area (Å²) in [6.45, 7) is 0. The smallest absolute Gasteiger partial charge is 0.179 e. The minimum atomic E-state index is 0.551. The minimum absolute atomic E-state index is 0.551. The summed E-state index contributed by atoms with van der Waals surface area (Å²) in [5, 5.41) is 4.45. The predicted molar refractivity (Wildman–Crippen MR) is 275 cm³/mol. The third-order valence-corrected chi connectivity index (χ3v) is 12.6. The van der Waals surface area contributed by atoms with Gasteiger partial charge in [0.05, 0.1) is 44.8 Å². The molecule has 0 saturated carbocycles. The zero-order chi connectivity index (χ0) is 45.0. The fourth-order valence-electron chi connectivity index (χ4n) is 9.49. The van der Waals surface area contributed by atoms with E-state index in [4.69, 9.17) is 29.9 Å². The summed E-state index contributed by atoms with van der Waals surface area (Å²) in [4.78, 5) is 31.3. The Morgan fingerprint density at radius 3 is 1.12 bits per heavy atom. The molecule has 0 spiro atoms. The van der Waals surface area contributed by atoms with E-state index in [1.807, 2.05) is 91.0 Å². The first-order valence-corrected chi connectivity index (χ1v) is 22.6. The number of nitrogens with zero attached hydrogens (tertiary/aromatic N) is 8. The Morgan fingerprint density at radius 2 is 0.647 bits per heavy atom. The Bertz CT molecular complexity index is 3900. The van der Waals surface area contributed by atoms with Crippen LogP contribution >= 0.6 is 0 Å². The van der Waals surface area contributed by atoms with Crippen molar-refractivity contribution in [3.63, 3.8) is 0 Å². The first kappa shape index (κ1) is 39.0. The topological polar surface area (TPSA) is 87.2 Å². The number of para-hydroxylation sites is 2. The first-order chi connectivity index (χ1) is 33.7. The third kappa shape index (κ3) is 6.70. The molecule has 0 aliphatic rings. The second kappa shape index (κ2) is 16.2. The number of fused-ring (bicyclic) bond motifs is 7. The van der Waals surface area contributed by atoms with Crippen molar-refractivity contribution in [2.45, 2.75) is 0 Å². The Balaban J connectivity index is 1.01. The van der Waals surface area contributed by atoms with Crippen LogP contribution in [0.5, 0.6) is 0 Å². The summed E-state index contributed by atoms with van der Waals surface area (Å²) in [7, 11) is 0. The Hall–Kier alpha value is -9.40. The molecule has 6 aromatic heterocycles. The van der Waals surface area contributed by atoms with Crippen molar-refractivity contribution in [2.24, 2.45) is 0 Å². The van der Waals surface area contributed by atoms with E-state index in [-0.39, 0.29) is 0 Å². The van der Waals surface area contributed by atoms with Crippen molar-refractivity contribution in [1.29, 1.82) is 0 Å². The molecule has 0 bridgehead atoms. The maximum Gasteiger partial charge on any atom is 0.179 e. The molecule has 0 unspecified atom stereocenters. The highest BCUT2D eigenvalue weighted by molar-refractivity contribution is 6.26. The number of benzene rings is 7. The van der Waals surface area contributed by atoms with Crippen LogP contribution in [0.3, 0.4) is 0 Å². The lowest BCUT2D eigenvalue weighted by atomic mass is 10.1. The van der Waals surface area contributed by atoms with Crippen LogP contribution in [0.1, 0.15) is 0 Å². The molecule has 8 heteroatoms. The Labute approximate surface area is 391 Å². The number of rotatable bonds is 8. The van der Waals surface area contributed by atoms with Gasteiger partial charge in [0.1, 0.15) is 23.0 Å². The summed E-state index contributed by atoms with van der Waals surface area (Å²) in [6, 6.07) is 78.9. The molecule has 0 saturated heterocycles. The summed E-state index contributed by atoms with van der Waals surface area (Å²) in [5.41, 5.74) is 12.9. The van der Waals surface area contributed by atoms with Gasteiger partial charge >= 0.3 is 0 Å². The van der Waals surface area contributed by atoms with Crippen molar-refractivity contribution >= 4 is 43.6 Å². The summed E-state index contributed by atoms with van der Waals surface area (Å²) in [6.07, 6.45) is 0. The van der Waals surface area contributed by atoms with E-state index in [0.717, 1.165) is 100 Å². The van der Waals surface area contributed by atoms with Crippen LogP contribution < -0.4 is 0 Å². The number of aromatic nitrogens is 8. The number of hydrogen-bond acceptors (Lipinski definition) is 6. The molecule has 0 aliphatic carbocycles. The minimum Gasteiger partial charge on any atom is -0.294 e. The molecule has 0 fully saturated rings. The first-order valence-electron chi connectivity index (χ1n) is 22.6. The molecule has 8 nitrogen and oxygen atoms in total. The van der Waals surface area contributed by atoms with Crippen molar-refractivity contribution in [1.82, 2.24) is 39.0 Å². The van der Waals surface area contributed by atoms with Crippen molar-refractivity contribution in [3.05, 3.63) is 231 Å². The summed E-state index contributed by atoms with van der Waals surface area (Å²) < 4.78 is 4.55. The lowest BCUT2D eigenvalue weighted by Crippen LogP contribution is -2.02. The highest BCUT2D eigenvalue weighted by Gasteiger charge is 2.23. The maximum absolute atomic E-state index is 5.42. The van der Waals surface area contributed by atoms with Crippen LogP contribution in [0.25, 0.3) is 123 Å². The zero-order valence-corrected chi connectivity index (χ0v) is 36.5. The van der Waals surface area contributed by atoms with Crippen LogP contribution in [0.2, 0.25) is 0 Å². The molecule has 0 radical (unpaired) electrons. The van der Waals surface area contributed by atoms with E-state index < -0.39 is 0 Å². The number of pyridine rings is 2. The fraction of sp³-hybridized carbons (Fsp3) is 0. The summed E-state index contributed by atoms with van der Waals surface area (Å²) >= 11 is 0. The average Bonchev–Trinajstić information content (AvgIpc) is 3.95. The lowest BCUT2D eigenvalue weighted by Gasteiger charge is -2.12. The molecule has 0 atom stereocenters. The molecule has 6 heterocycles. The van der Waals surface area contributed by atoms with Crippen LogP contribution in [0.15, 0.2) is 231 Å². The summed E-state index contributed by atoms with van der Waals surface area (Å²) in [5.74, 6) is 2.62. The highest BCUT2D eigenvalue weighted by atomic mass is 15.1. The van der Waals surface area contributed by atoms with E-state index in [9.17, 15) is 0 Å². The molecule has 68 heavy (non-hydrogen) atoms. The lowest BCUT2D eigenvalue weighted by molar-refractivity contribution is 1.06. The molecule has 13 aromatic rings. The fourth-order valence-corrected chi connectivity index (χ4v) is 9.49. The molecule has 318 valence electrons. The van der Waals surface area contributed by atoms with Gasteiger partial charge in [-0.15, -0.1) is 0 Å². The predicted octanol–water partition coefficient (Wildman–Crippen LogP) is 14.3. The average molecular weight is 871 g/mol. The quantitative estimate of drug-likeness (QED) is 0.151. The molecule has 0 N–H and O–H groups in total. The van der Waals surface area contributed by atoms with Gasteiger partial charge in [-0.3, -0.25) is 9.13 Å². The highest BCUT2D eigenvalue weighted by Crippen LogP contribution is 2.42.